The smallest absolute Gasteiger partial charge is 0.269 e. The van der Waals surface area contributed by atoms with Crippen molar-refractivity contribution in [3.8, 4) is 11.5 Å². The van der Waals surface area contributed by atoms with Gasteiger partial charge in [0.25, 0.3) is 5.69 Å². The Hall–Kier alpha value is -3.00. The lowest BCUT2D eigenvalue weighted by atomic mass is 10.2. The minimum atomic E-state index is -0.441. The number of ether oxygens (including phenoxy) is 2. The largest absolute Gasteiger partial charge is 0.486 e. The summed E-state index contributed by atoms with van der Waals surface area (Å²) in [4.78, 5) is 22.2. The highest BCUT2D eigenvalue weighted by atomic mass is 35.5. The number of nitrogens with one attached hydrogen (secondary N) is 2. The number of fused-ring (bicyclic) bond motifs is 1. The van der Waals surface area contributed by atoms with Gasteiger partial charge in [0.05, 0.1) is 9.95 Å². The second-order valence-electron chi connectivity index (χ2n) is 6.21. The van der Waals surface area contributed by atoms with E-state index in [-0.39, 0.29) is 11.6 Å². The molecule has 8 nitrogen and oxygen atoms in total. The molecule has 1 heterocycles. The van der Waals surface area contributed by atoms with Crippen molar-refractivity contribution < 1.29 is 19.2 Å². The van der Waals surface area contributed by atoms with E-state index in [1.165, 1.54) is 12.1 Å². The molecule has 0 unspecified atom stereocenters. The van der Waals surface area contributed by atoms with E-state index in [2.05, 4.69) is 10.6 Å². The van der Waals surface area contributed by atoms with Crippen molar-refractivity contribution in [3.63, 3.8) is 0 Å². The molecule has 2 N–H and O–H groups in total. The maximum atomic E-state index is 12.0. The van der Waals surface area contributed by atoms with Gasteiger partial charge in [-0.25, -0.2) is 0 Å². The topological polar surface area (TPSA) is 103 Å². The van der Waals surface area contributed by atoms with Gasteiger partial charge in [-0.2, -0.15) is 0 Å². The Bertz CT molecular complexity index is 857. The minimum Gasteiger partial charge on any atom is -0.486 e. The third kappa shape index (κ3) is 5.26. The van der Waals surface area contributed by atoms with Crippen LogP contribution >= 0.6 is 11.6 Å². The molecule has 0 radical (unpaired) electrons. The van der Waals surface area contributed by atoms with Gasteiger partial charge in [-0.05, 0) is 36.2 Å². The number of halogens is 1. The van der Waals surface area contributed by atoms with Crippen molar-refractivity contribution in [3.05, 3.63) is 57.1 Å². The number of carbonyl (C=O) groups is 1. The number of carbonyl (C=O) groups excluding carboxylic acids is 1. The summed E-state index contributed by atoms with van der Waals surface area (Å²) in [6.07, 6.45) is 0.989. The molecule has 0 aromatic heterocycles. The van der Waals surface area contributed by atoms with Gasteiger partial charge in [-0.15, -0.1) is 0 Å². The SMILES string of the molecule is O=C(CCCNc1ccc([N+](=O)[O-])cc1)NCc1cc(Cl)c2c(c1)OCCO2. The summed E-state index contributed by atoms with van der Waals surface area (Å²) in [6, 6.07) is 9.73. The first-order chi connectivity index (χ1) is 13.5. The van der Waals surface area contributed by atoms with Crippen molar-refractivity contribution in [1.29, 1.82) is 0 Å². The highest BCUT2D eigenvalue weighted by Crippen LogP contribution is 2.38. The molecular weight excluding hydrogens is 386 g/mol. The molecule has 1 amide bonds. The molecule has 0 saturated heterocycles. The van der Waals surface area contributed by atoms with Crippen LogP contribution in [0.5, 0.6) is 11.5 Å². The van der Waals surface area contributed by atoms with E-state index in [1.807, 2.05) is 6.07 Å². The zero-order chi connectivity index (χ0) is 19.9. The Labute approximate surface area is 166 Å². The number of non-ortho nitro benzene ring substituents is 1. The fraction of sp³-hybridized carbons (Fsp3) is 0.316. The molecule has 2 aromatic rings. The zero-order valence-electron chi connectivity index (χ0n) is 15.1. The van der Waals surface area contributed by atoms with E-state index < -0.39 is 4.92 Å². The molecule has 0 spiro atoms. The molecule has 0 saturated carbocycles. The van der Waals surface area contributed by atoms with Crippen LogP contribution < -0.4 is 20.1 Å². The zero-order valence-corrected chi connectivity index (χ0v) is 15.8. The lowest BCUT2D eigenvalue weighted by molar-refractivity contribution is -0.384. The van der Waals surface area contributed by atoms with Crippen molar-refractivity contribution in [2.45, 2.75) is 19.4 Å². The number of nitro benzene ring substituents is 1. The number of benzene rings is 2. The van der Waals surface area contributed by atoms with Gasteiger partial charge >= 0.3 is 0 Å². The number of nitro groups is 1. The molecule has 0 fully saturated rings. The Morgan fingerprint density at radius 2 is 1.93 bits per heavy atom. The highest BCUT2D eigenvalue weighted by Gasteiger charge is 2.16. The molecule has 2 aromatic carbocycles. The van der Waals surface area contributed by atoms with Gasteiger partial charge in [-0.3, -0.25) is 14.9 Å². The van der Waals surface area contributed by atoms with Crippen LogP contribution in [0.15, 0.2) is 36.4 Å². The molecule has 9 heteroatoms. The average molecular weight is 406 g/mol. The van der Waals surface area contributed by atoms with Gasteiger partial charge < -0.3 is 20.1 Å². The average Bonchev–Trinajstić information content (AvgIpc) is 2.70. The van der Waals surface area contributed by atoms with Gasteiger partial charge in [0.15, 0.2) is 11.5 Å². The Morgan fingerprint density at radius 1 is 1.18 bits per heavy atom. The monoisotopic (exact) mass is 405 g/mol. The van der Waals surface area contributed by atoms with Crippen LogP contribution in [-0.2, 0) is 11.3 Å². The van der Waals surface area contributed by atoms with E-state index >= 15 is 0 Å². The molecule has 148 valence electrons. The number of rotatable bonds is 8. The van der Waals surface area contributed by atoms with Crippen molar-refractivity contribution in [2.24, 2.45) is 0 Å². The van der Waals surface area contributed by atoms with Crippen LogP contribution in [0.3, 0.4) is 0 Å². The number of hydrogen-bond acceptors (Lipinski definition) is 6. The summed E-state index contributed by atoms with van der Waals surface area (Å²) in [6.45, 7) is 1.88. The van der Waals surface area contributed by atoms with Gasteiger partial charge in [0, 0.05) is 37.3 Å². The van der Waals surface area contributed by atoms with E-state index in [9.17, 15) is 14.9 Å². The molecule has 0 atom stereocenters. The Balaban J connectivity index is 1.39. The van der Waals surface area contributed by atoms with Gasteiger partial charge in [0.2, 0.25) is 5.91 Å². The Morgan fingerprint density at radius 3 is 2.68 bits per heavy atom. The second kappa shape index (κ2) is 9.27. The van der Waals surface area contributed by atoms with E-state index in [1.54, 1.807) is 18.2 Å². The summed E-state index contributed by atoms with van der Waals surface area (Å²) >= 11 is 6.19. The van der Waals surface area contributed by atoms with E-state index in [4.69, 9.17) is 21.1 Å². The van der Waals surface area contributed by atoms with Crippen LogP contribution in [0, 0.1) is 10.1 Å². The van der Waals surface area contributed by atoms with E-state index in [0.29, 0.717) is 55.7 Å². The third-order valence-electron chi connectivity index (χ3n) is 4.13. The first-order valence-electron chi connectivity index (χ1n) is 8.86. The summed E-state index contributed by atoms with van der Waals surface area (Å²) < 4.78 is 11.0. The minimum absolute atomic E-state index is 0.0455. The van der Waals surface area contributed by atoms with Gasteiger partial charge in [-0.1, -0.05) is 11.6 Å². The fourth-order valence-electron chi connectivity index (χ4n) is 2.74. The number of nitrogens with zero attached hydrogens (tertiary/aromatic N) is 1. The quantitative estimate of drug-likeness (QED) is 0.395. The van der Waals surface area contributed by atoms with E-state index in [0.717, 1.165) is 11.3 Å². The predicted molar refractivity (Wildman–Crippen MR) is 105 cm³/mol. The molecule has 3 rings (SSSR count). The molecule has 0 bridgehead atoms. The van der Waals surface area contributed by atoms with Crippen LogP contribution in [-0.4, -0.2) is 30.6 Å². The second-order valence-corrected chi connectivity index (χ2v) is 6.62. The summed E-state index contributed by atoms with van der Waals surface area (Å²) in [5.41, 5.74) is 1.66. The standard InChI is InChI=1S/C19H20ClN3O5/c20-16-10-13(11-17-19(16)28-9-8-27-17)12-22-18(24)2-1-7-21-14-3-5-15(6-4-14)23(25)26/h3-6,10-11,21H,1-2,7-9,12H2,(H,22,24). The molecule has 1 aliphatic rings. The fourth-order valence-corrected chi connectivity index (χ4v) is 3.03. The van der Waals surface area contributed by atoms with Crippen molar-refractivity contribution in [2.75, 3.05) is 25.1 Å². The van der Waals surface area contributed by atoms with Crippen molar-refractivity contribution >= 4 is 28.9 Å². The van der Waals surface area contributed by atoms with Gasteiger partial charge in [0.1, 0.15) is 13.2 Å². The highest BCUT2D eigenvalue weighted by molar-refractivity contribution is 6.32. The number of amides is 1. The number of hydrogen-bond donors (Lipinski definition) is 2. The molecule has 0 aliphatic carbocycles. The first kappa shape index (κ1) is 19.8. The summed E-state index contributed by atoms with van der Waals surface area (Å²) in [5, 5.41) is 17.1. The lowest BCUT2D eigenvalue weighted by Crippen LogP contribution is -2.23. The lowest BCUT2D eigenvalue weighted by Gasteiger charge is -2.20. The van der Waals surface area contributed by atoms with Crippen molar-refractivity contribution in [1.82, 2.24) is 5.32 Å². The third-order valence-corrected chi connectivity index (χ3v) is 4.41. The molecular formula is C19H20ClN3O5. The number of anilines is 1. The maximum Gasteiger partial charge on any atom is 0.269 e. The molecule has 1 aliphatic heterocycles. The Kier molecular flexibility index (Phi) is 6.54. The summed E-state index contributed by atoms with van der Waals surface area (Å²) in [5.74, 6) is 1.06. The maximum absolute atomic E-state index is 12.0. The van der Waals surface area contributed by atoms with Crippen LogP contribution in [0.1, 0.15) is 18.4 Å². The van der Waals surface area contributed by atoms with Crippen LogP contribution in [0.2, 0.25) is 5.02 Å². The normalized spacial score (nSPS) is 12.3. The summed E-state index contributed by atoms with van der Waals surface area (Å²) in [7, 11) is 0. The first-order valence-corrected chi connectivity index (χ1v) is 9.24. The molecule has 28 heavy (non-hydrogen) atoms. The van der Waals surface area contributed by atoms with Crippen LogP contribution in [0.25, 0.3) is 0 Å². The predicted octanol–water partition coefficient (Wildman–Crippen LogP) is 3.53. The van der Waals surface area contributed by atoms with Crippen LogP contribution in [0.4, 0.5) is 11.4 Å².